The minimum Gasteiger partial charge on any atom is -0.383 e. The normalized spacial score (nSPS) is 13.8. The van der Waals surface area contributed by atoms with Crippen LogP contribution in [0.4, 0.5) is 0 Å². The molecule has 4 heteroatoms. The molecular formula is C10H20BrNO2. The van der Waals surface area contributed by atoms with Crippen molar-refractivity contribution >= 4 is 21.8 Å². The summed E-state index contributed by atoms with van der Waals surface area (Å²) in [5.74, 6) is 0.0824. The van der Waals surface area contributed by atoms with E-state index in [1.165, 1.54) is 0 Å². The van der Waals surface area contributed by atoms with Gasteiger partial charge in [-0.1, -0.05) is 36.7 Å². The molecule has 0 aromatic carbocycles. The molecule has 0 aliphatic heterocycles. The van der Waals surface area contributed by atoms with E-state index in [-0.39, 0.29) is 17.4 Å². The van der Waals surface area contributed by atoms with Crippen LogP contribution in [0.2, 0.25) is 0 Å². The van der Waals surface area contributed by atoms with Crippen molar-refractivity contribution in [2.24, 2.45) is 5.41 Å². The fourth-order valence-electron chi connectivity index (χ4n) is 1.09. The van der Waals surface area contributed by atoms with E-state index in [4.69, 9.17) is 4.74 Å². The second-order valence-corrected chi connectivity index (χ2v) is 5.26. The zero-order valence-corrected chi connectivity index (χ0v) is 11.0. The zero-order valence-electron chi connectivity index (χ0n) is 9.39. The van der Waals surface area contributed by atoms with Crippen LogP contribution < -0.4 is 5.32 Å². The molecule has 0 aromatic heterocycles. The molecule has 0 radical (unpaired) electrons. The van der Waals surface area contributed by atoms with Gasteiger partial charge < -0.3 is 10.1 Å². The Bertz CT molecular complexity index is 177. The highest BCUT2D eigenvalue weighted by molar-refractivity contribution is 9.09. The first-order valence-electron chi connectivity index (χ1n) is 4.73. The average molecular weight is 266 g/mol. The molecule has 0 saturated heterocycles. The summed E-state index contributed by atoms with van der Waals surface area (Å²) in [6, 6.07) is 0.0647. The summed E-state index contributed by atoms with van der Waals surface area (Å²) < 4.78 is 4.98. The van der Waals surface area contributed by atoms with Crippen LogP contribution in [0.5, 0.6) is 0 Å². The quantitative estimate of drug-likeness (QED) is 0.772. The molecule has 0 spiro atoms. The first-order valence-corrected chi connectivity index (χ1v) is 5.85. The lowest BCUT2D eigenvalue weighted by Crippen LogP contribution is -2.40. The van der Waals surface area contributed by atoms with Crippen LogP contribution in [0, 0.1) is 5.41 Å². The Morgan fingerprint density at radius 2 is 2.07 bits per heavy atom. The molecule has 0 heterocycles. The second-order valence-electron chi connectivity index (χ2n) is 4.61. The van der Waals surface area contributed by atoms with Gasteiger partial charge in [0.1, 0.15) is 0 Å². The number of hydrogen-bond acceptors (Lipinski definition) is 2. The number of rotatable bonds is 5. The Morgan fingerprint density at radius 3 is 2.43 bits per heavy atom. The van der Waals surface area contributed by atoms with Crippen molar-refractivity contribution in [3.8, 4) is 0 Å². The topological polar surface area (TPSA) is 38.3 Å². The van der Waals surface area contributed by atoms with E-state index in [0.29, 0.717) is 13.0 Å². The molecule has 0 saturated carbocycles. The lowest BCUT2D eigenvalue weighted by molar-refractivity contribution is -0.123. The fourth-order valence-corrected chi connectivity index (χ4v) is 1.44. The first kappa shape index (κ1) is 13.9. The Hall–Kier alpha value is -0.0900. The summed E-state index contributed by atoms with van der Waals surface area (Å²) in [7, 11) is 1.63. The third-order valence-corrected chi connectivity index (χ3v) is 2.39. The lowest BCUT2D eigenvalue weighted by Gasteiger charge is -2.20. The van der Waals surface area contributed by atoms with Crippen LogP contribution in [-0.2, 0) is 9.53 Å². The number of alkyl halides is 1. The number of carbonyl (C=O) groups excluding carboxylic acids is 1. The molecular weight excluding hydrogens is 246 g/mol. The highest BCUT2D eigenvalue weighted by atomic mass is 79.9. The molecule has 0 aliphatic carbocycles. The monoisotopic (exact) mass is 265 g/mol. The number of amides is 1. The molecule has 0 fully saturated rings. The Labute approximate surface area is 94.7 Å². The molecule has 1 amide bonds. The van der Waals surface area contributed by atoms with E-state index < -0.39 is 0 Å². The van der Waals surface area contributed by atoms with Crippen LogP contribution in [0.25, 0.3) is 0 Å². The molecule has 1 unspecified atom stereocenters. The summed E-state index contributed by atoms with van der Waals surface area (Å²) in [5, 5.41) is 3.63. The molecule has 14 heavy (non-hydrogen) atoms. The van der Waals surface area contributed by atoms with E-state index in [2.05, 4.69) is 21.2 Å². The summed E-state index contributed by atoms with van der Waals surface area (Å²) in [6.45, 7) is 6.69. The Morgan fingerprint density at radius 1 is 1.50 bits per heavy atom. The highest BCUT2D eigenvalue weighted by Crippen LogP contribution is 2.17. The lowest BCUT2D eigenvalue weighted by atomic mass is 9.92. The summed E-state index contributed by atoms with van der Waals surface area (Å²) in [5.41, 5.74) is 0.0357. The van der Waals surface area contributed by atoms with Crippen molar-refractivity contribution in [2.45, 2.75) is 33.2 Å². The van der Waals surface area contributed by atoms with Gasteiger partial charge in [0.25, 0.3) is 0 Å². The van der Waals surface area contributed by atoms with Crippen molar-refractivity contribution in [1.82, 2.24) is 5.32 Å². The van der Waals surface area contributed by atoms with Gasteiger partial charge in [0.2, 0.25) is 5.91 Å². The largest absolute Gasteiger partial charge is 0.383 e. The maximum Gasteiger partial charge on any atom is 0.220 e. The van der Waals surface area contributed by atoms with E-state index in [1.54, 1.807) is 7.11 Å². The van der Waals surface area contributed by atoms with E-state index in [9.17, 15) is 4.79 Å². The van der Waals surface area contributed by atoms with Crippen LogP contribution >= 0.6 is 15.9 Å². The third-order valence-electron chi connectivity index (χ3n) is 1.61. The number of methoxy groups -OCH3 is 1. The van der Waals surface area contributed by atoms with Crippen LogP contribution in [0.3, 0.4) is 0 Å². The summed E-state index contributed by atoms with van der Waals surface area (Å²) in [4.78, 5) is 11.5. The van der Waals surface area contributed by atoms with Crippen molar-refractivity contribution in [3.05, 3.63) is 0 Å². The number of nitrogens with one attached hydrogen (secondary N) is 1. The molecule has 0 bridgehead atoms. The minimum absolute atomic E-state index is 0.0357. The van der Waals surface area contributed by atoms with Crippen LogP contribution in [-0.4, -0.2) is 31.0 Å². The van der Waals surface area contributed by atoms with Gasteiger partial charge in [0.15, 0.2) is 0 Å². The SMILES string of the molecule is COCC(CBr)NC(=O)CC(C)(C)C. The fraction of sp³-hybridized carbons (Fsp3) is 0.900. The Balaban J connectivity index is 3.91. The molecule has 1 N–H and O–H groups in total. The van der Waals surface area contributed by atoms with Gasteiger partial charge in [-0.2, -0.15) is 0 Å². The van der Waals surface area contributed by atoms with Gasteiger partial charge in [-0.15, -0.1) is 0 Å². The molecule has 84 valence electrons. The van der Waals surface area contributed by atoms with E-state index >= 15 is 0 Å². The summed E-state index contributed by atoms with van der Waals surface area (Å²) in [6.07, 6.45) is 0.542. The number of ether oxygens (including phenoxy) is 1. The van der Waals surface area contributed by atoms with Crippen LogP contribution in [0.1, 0.15) is 27.2 Å². The van der Waals surface area contributed by atoms with Gasteiger partial charge in [-0.3, -0.25) is 4.79 Å². The first-order chi connectivity index (χ1) is 6.39. The highest BCUT2D eigenvalue weighted by Gasteiger charge is 2.18. The average Bonchev–Trinajstić information content (AvgIpc) is 2.00. The predicted octanol–water partition coefficient (Wildman–Crippen LogP) is 1.95. The molecule has 3 nitrogen and oxygen atoms in total. The predicted molar refractivity (Wildman–Crippen MR) is 61.7 cm³/mol. The Kier molecular flexibility index (Phi) is 6.36. The van der Waals surface area contributed by atoms with Gasteiger partial charge in [-0.05, 0) is 5.41 Å². The van der Waals surface area contributed by atoms with Gasteiger partial charge >= 0.3 is 0 Å². The second kappa shape index (κ2) is 6.40. The molecule has 0 aliphatic rings. The molecule has 1 atom stereocenters. The standard InChI is InChI=1S/C10H20BrNO2/c1-10(2,3)5-9(13)12-8(6-11)7-14-4/h8H,5-7H2,1-4H3,(H,12,13). The number of halogens is 1. The van der Waals surface area contributed by atoms with Crippen molar-refractivity contribution < 1.29 is 9.53 Å². The maximum absolute atomic E-state index is 11.5. The van der Waals surface area contributed by atoms with Crippen molar-refractivity contribution in [2.75, 3.05) is 19.0 Å². The van der Waals surface area contributed by atoms with Gasteiger partial charge in [-0.25, -0.2) is 0 Å². The third kappa shape index (κ3) is 7.33. The minimum atomic E-state index is 0.0357. The van der Waals surface area contributed by atoms with Crippen LogP contribution in [0.15, 0.2) is 0 Å². The maximum atomic E-state index is 11.5. The van der Waals surface area contributed by atoms with Gasteiger partial charge in [0, 0.05) is 18.9 Å². The summed E-state index contributed by atoms with van der Waals surface area (Å²) >= 11 is 3.33. The van der Waals surface area contributed by atoms with E-state index in [0.717, 1.165) is 5.33 Å². The van der Waals surface area contributed by atoms with E-state index in [1.807, 2.05) is 20.8 Å². The zero-order chi connectivity index (χ0) is 11.2. The van der Waals surface area contributed by atoms with Crippen molar-refractivity contribution in [3.63, 3.8) is 0 Å². The number of hydrogen-bond donors (Lipinski definition) is 1. The smallest absolute Gasteiger partial charge is 0.220 e. The van der Waals surface area contributed by atoms with Gasteiger partial charge in [0.05, 0.1) is 12.6 Å². The molecule has 0 rings (SSSR count). The van der Waals surface area contributed by atoms with Crippen molar-refractivity contribution in [1.29, 1.82) is 0 Å². The number of carbonyl (C=O) groups is 1. The molecule has 0 aromatic rings.